The number of hydrogen-bond donors (Lipinski definition) is 1. The summed E-state index contributed by atoms with van der Waals surface area (Å²) >= 11 is 9.31. The molecule has 2 rings (SSSR count). The summed E-state index contributed by atoms with van der Waals surface area (Å²) in [4.78, 5) is 11.6. The fraction of sp³-hybridized carbons (Fsp3) is 0.300. The lowest BCUT2D eigenvalue weighted by atomic mass is 9.86. The fourth-order valence-electron chi connectivity index (χ4n) is 1.59. The number of amides is 1. The molecule has 0 saturated carbocycles. The van der Waals surface area contributed by atoms with Gasteiger partial charge in [-0.1, -0.05) is 11.6 Å². The number of rotatable bonds is 0. The number of carbonyl (C=O) groups is 1. The lowest BCUT2D eigenvalue weighted by Gasteiger charge is -2.15. The Morgan fingerprint density at radius 1 is 1.43 bits per heavy atom. The molecule has 0 radical (unpaired) electrons. The number of benzene rings is 1. The molecular weight excluding hydrogens is 265 g/mol. The van der Waals surface area contributed by atoms with E-state index in [1.54, 1.807) is 6.07 Å². The molecule has 1 aliphatic rings. The minimum atomic E-state index is -0.497. The van der Waals surface area contributed by atoms with Crippen LogP contribution in [-0.4, -0.2) is 5.91 Å². The molecule has 0 aliphatic carbocycles. The van der Waals surface area contributed by atoms with Crippen LogP contribution in [0.15, 0.2) is 16.6 Å². The molecule has 14 heavy (non-hydrogen) atoms. The standard InChI is InChI=1S/C10H9BrClNO/c1-10(2)6-3-5(12)4-7(11)8(6)13-9(10)14/h3-4H,1-2H3,(H,13,14). The lowest BCUT2D eigenvalue weighted by molar-refractivity contribution is -0.119. The lowest BCUT2D eigenvalue weighted by Crippen LogP contribution is -2.26. The minimum Gasteiger partial charge on any atom is -0.324 e. The van der Waals surface area contributed by atoms with E-state index in [4.69, 9.17) is 11.6 Å². The van der Waals surface area contributed by atoms with Crippen LogP contribution in [0.1, 0.15) is 19.4 Å². The highest BCUT2D eigenvalue weighted by atomic mass is 79.9. The Morgan fingerprint density at radius 2 is 2.07 bits per heavy atom. The maximum atomic E-state index is 11.6. The summed E-state index contributed by atoms with van der Waals surface area (Å²) in [5.41, 5.74) is 1.29. The van der Waals surface area contributed by atoms with Gasteiger partial charge in [0.15, 0.2) is 0 Å². The number of fused-ring (bicyclic) bond motifs is 1. The molecule has 1 aromatic carbocycles. The van der Waals surface area contributed by atoms with Crippen molar-refractivity contribution < 1.29 is 4.79 Å². The van der Waals surface area contributed by atoms with Crippen molar-refractivity contribution in [1.29, 1.82) is 0 Å². The summed E-state index contributed by atoms with van der Waals surface area (Å²) in [6.07, 6.45) is 0. The van der Waals surface area contributed by atoms with E-state index in [2.05, 4.69) is 21.2 Å². The van der Waals surface area contributed by atoms with Crippen LogP contribution in [0.25, 0.3) is 0 Å². The molecule has 0 saturated heterocycles. The first kappa shape index (κ1) is 9.99. The van der Waals surface area contributed by atoms with Gasteiger partial charge in [0.2, 0.25) is 5.91 Å². The molecule has 74 valence electrons. The predicted octanol–water partition coefficient (Wildman–Crippen LogP) is 3.33. The number of hydrogen-bond acceptors (Lipinski definition) is 1. The number of nitrogens with one attached hydrogen (secondary N) is 1. The Bertz CT molecular complexity index is 428. The van der Waals surface area contributed by atoms with E-state index < -0.39 is 5.41 Å². The molecular formula is C10H9BrClNO. The molecule has 1 N–H and O–H groups in total. The third-order valence-corrected chi connectivity index (χ3v) is 3.38. The van der Waals surface area contributed by atoms with Crippen molar-refractivity contribution in [2.45, 2.75) is 19.3 Å². The second-order valence-electron chi connectivity index (χ2n) is 3.89. The van der Waals surface area contributed by atoms with Crippen molar-refractivity contribution in [1.82, 2.24) is 0 Å². The first-order valence-corrected chi connectivity index (χ1v) is 5.41. The molecule has 0 fully saturated rings. The molecule has 2 nitrogen and oxygen atoms in total. The molecule has 0 bridgehead atoms. The van der Waals surface area contributed by atoms with Gasteiger partial charge in [0.1, 0.15) is 0 Å². The Morgan fingerprint density at radius 3 is 2.71 bits per heavy atom. The van der Waals surface area contributed by atoms with Crippen molar-refractivity contribution in [2.24, 2.45) is 0 Å². The van der Waals surface area contributed by atoms with Crippen LogP contribution in [0.3, 0.4) is 0 Å². The van der Waals surface area contributed by atoms with E-state index in [0.29, 0.717) is 5.02 Å². The molecule has 4 heteroatoms. The van der Waals surface area contributed by atoms with Crippen LogP contribution >= 0.6 is 27.5 Å². The zero-order valence-corrected chi connectivity index (χ0v) is 10.2. The van der Waals surface area contributed by atoms with Gasteiger partial charge in [-0.15, -0.1) is 0 Å². The van der Waals surface area contributed by atoms with E-state index in [0.717, 1.165) is 15.7 Å². The summed E-state index contributed by atoms with van der Waals surface area (Å²) < 4.78 is 0.832. The van der Waals surface area contributed by atoms with E-state index in [1.165, 1.54) is 0 Å². The van der Waals surface area contributed by atoms with Crippen molar-refractivity contribution in [2.75, 3.05) is 5.32 Å². The van der Waals surface area contributed by atoms with E-state index in [9.17, 15) is 4.79 Å². The largest absolute Gasteiger partial charge is 0.324 e. The Labute approximate surface area is 95.8 Å². The highest BCUT2D eigenvalue weighted by Gasteiger charge is 2.39. The maximum absolute atomic E-state index is 11.6. The molecule has 0 unspecified atom stereocenters. The molecule has 1 heterocycles. The summed E-state index contributed by atoms with van der Waals surface area (Å²) in [5.74, 6) is 0.00969. The second-order valence-corrected chi connectivity index (χ2v) is 5.18. The van der Waals surface area contributed by atoms with Crippen LogP contribution in [0.2, 0.25) is 5.02 Å². The third kappa shape index (κ3) is 1.27. The van der Waals surface area contributed by atoms with E-state index in [-0.39, 0.29) is 5.91 Å². The van der Waals surface area contributed by atoms with Gasteiger partial charge in [-0.05, 0) is 47.5 Å². The van der Waals surface area contributed by atoms with Crippen molar-refractivity contribution in [3.05, 3.63) is 27.2 Å². The second kappa shape index (κ2) is 2.97. The van der Waals surface area contributed by atoms with Crippen molar-refractivity contribution in [3.63, 3.8) is 0 Å². The summed E-state index contributed by atoms with van der Waals surface area (Å²) in [5, 5.41) is 3.48. The van der Waals surface area contributed by atoms with Gasteiger partial charge in [-0.2, -0.15) is 0 Å². The quantitative estimate of drug-likeness (QED) is 0.772. The molecule has 1 aromatic rings. The van der Waals surface area contributed by atoms with Crippen LogP contribution in [0, 0.1) is 0 Å². The van der Waals surface area contributed by atoms with Crippen molar-refractivity contribution >= 4 is 39.1 Å². The molecule has 1 aliphatic heterocycles. The average Bonchev–Trinajstić information content (AvgIpc) is 2.28. The van der Waals surface area contributed by atoms with Crippen LogP contribution < -0.4 is 5.32 Å². The molecule has 0 spiro atoms. The smallest absolute Gasteiger partial charge is 0.234 e. The summed E-state index contributed by atoms with van der Waals surface area (Å²) in [7, 11) is 0. The van der Waals surface area contributed by atoms with Gasteiger partial charge in [0.05, 0.1) is 11.1 Å². The van der Waals surface area contributed by atoms with Crippen LogP contribution in [0.4, 0.5) is 5.69 Å². The Balaban J connectivity index is 2.71. The first-order valence-electron chi connectivity index (χ1n) is 4.24. The minimum absolute atomic E-state index is 0.00969. The Hall–Kier alpha value is -0.540. The first-order chi connectivity index (χ1) is 6.43. The fourth-order valence-corrected chi connectivity index (χ4v) is 2.50. The van der Waals surface area contributed by atoms with Crippen LogP contribution in [-0.2, 0) is 10.2 Å². The van der Waals surface area contributed by atoms with Gasteiger partial charge in [-0.25, -0.2) is 0 Å². The average molecular weight is 275 g/mol. The molecule has 0 aromatic heterocycles. The van der Waals surface area contributed by atoms with Gasteiger partial charge < -0.3 is 5.32 Å². The summed E-state index contributed by atoms with van der Waals surface area (Å²) in [6.45, 7) is 3.77. The highest BCUT2D eigenvalue weighted by molar-refractivity contribution is 9.10. The number of anilines is 1. The maximum Gasteiger partial charge on any atom is 0.234 e. The van der Waals surface area contributed by atoms with Crippen LogP contribution in [0.5, 0.6) is 0 Å². The topological polar surface area (TPSA) is 29.1 Å². The van der Waals surface area contributed by atoms with E-state index in [1.807, 2.05) is 19.9 Å². The van der Waals surface area contributed by atoms with Crippen molar-refractivity contribution in [3.8, 4) is 0 Å². The molecule has 0 atom stereocenters. The normalized spacial score (nSPS) is 17.9. The summed E-state index contributed by atoms with van der Waals surface area (Å²) in [6, 6.07) is 3.61. The number of carbonyl (C=O) groups excluding carboxylic acids is 1. The van der Waals surface area contributed by atoms with Gasteiger partial charge in [-0.3, -0.25) is 4.79 Å². The Kier molecular flexibility index (Phi) is 2.12. The van der Waals surface area contributed by atoms with Gasteiger partial charge in [0.25, 0.3) is 0 Å². The molecule has 1 amide bonds. The van der Waals surface area contributed by atoms with Gasteiger partial charge >= 0.3 is 0 Å². The monoisotopic (exact) mass is 273 g/mol. The zero-order valence-electron chi connectivity index (χ0n) is 7.82. The SMILES string of the molecule is CC1(C)C(=O)Nc2c(Br)cc(Cl)cc21. The van der Waals surface area contributed by atoms with Gasteiger partial charge in [0, 0.05) is 9.50 Å². The highest BCUT2D eigenvalue weighted by Crippen LogP contribution is 2.43. The predicted molar refractivity (Wildman–Crippen MR) is 60.8 cm³/mol. The van der Waals surface area contributed by atoms with E-state index >= 15 is 0 Å². The zero-order chi connectivity index (χ0) is 10.5. The number of halogens is 2. The third-order valence-electron chi connectivity index (χ3n) is 2.53.